The predicted molar refractivity (Wildman–Crippen MR) is 142 cm³/mol. The van der Waals surface area contributed by atoms with Crippen molar-refractivity contribution in [3.8, 4) is 22.4 Å². The van der Waals surface area contributed by atoms with Crippen LogP contribution >= 0.6 is 38.9 Å². The van der Waals surface area contributed by atoms with Crippen LogP contribution in [0.2, 0.25) is 5.02 Å². The van der Waals surface area contributed by atoms with Crippen LogP contribution in [-0.2, 0) is 0 Å². The summed E-state index contributed by atoms with van der Waals surface area (Å²) in [6.45, 7) is 0. The van der Waals surface area contributed by atoms with E-state index in [0.717, 1.165) is 32.2 Å². The lowest BCUT2D eigenvalue weighted by atomic mass is 9.99. The van der Waals surface area contributed by atoms with Crippen LogP contribution in [0.1, 0.15) is 9.67 Å². The average molecular weight is 535 g/mol. The van der Waals surface area contributed by atoms with Crippen molar-refractivity contribution < 1.29 is 4.79 Å². The summed E-state index contributed by atoms with van der Waals surface area (Å²) in [6.07, 6.45) is 0. The van der Waals surface area contributed by atoms with E-state index in [1.54, 1.807) is 0 Å². The molecule has 162 valence electrons. The van der Waals surface area contributed by atoms with Crippen LogP contribution in [-0.4, -0.2) is 10.9 Å². The number of aromatic nitrogens is 1. The predicted octanol–water partition coefficient (Wildman–Crippen LogP) is 7.88. The van der Waals surface area contributed by atoms with Crippen LogP contribution in [0.5, 0.6) is 0 Å². The SMILES string of the molecule is Nc1c(C(=O)Nc2ccccc2Br)sc2nc(-c3ccccc3)cc(-c3ccc(Cl)cc3)c12. The number of halogens is 2. The first kappa shape index (κ1) is 21.6. The molecule has 0 saturated heterocycles. The molecule has 0 atom stereocenters. The molecular formula is C26H17BrClN3OS. The maximum Gasteiger partial charge on any atom is 0.267 e. The molecule has 2 heterocycles. The number of hydrogen-bond donors (Lipinski definition) is 2. The van der Waals surface area contributed by atoms with E-state index in [2.05, 4.69) is 21.2 Å². The Morgan fingerprint density at radius 2 is 1.64 bits per heavy atom. The van der Waals surface area contributed by atoms with Gasteiger partial charge in [0, 0.05) is 20.4 Å². The molecule has 0 saturated carbocycles. The number of carbonyl (C=O) groups excluding carboxylic acids is 1. The second kappa shape index (κ2) is 8.98. The zero-order chi connectivity index (χ0) is 22.9. The van der Waals surface area contributed by atoms with Crippen LogP contribution in [0, 0.1) is 0 Å². The molecule has 0 fully saturated rings. The van der Waals surface area contributed by atoms with Crippen molar-refractivity contribution in [3.63, 3.8) is 0 Å². The number of nitrogens with two attached hydrogens (primary N) is 1. The molecule has 1 amide bonds. The maximum absolute atomic E-state index is 13.2. The highest BCUT2D eigenvalue weighted by Crippen LogP contribution is 2.42. The van der Waals surface area contributed by atoms with Gasteiger partial charge in [-0.1, -0.05) is 66.2 Å². The molecule has 0 spiro atoms. The quantitative estimate of drug-likeness (QED) is 0.246. The van der Waals surface area contributed by atoms with Crippen molar-refractivity contribution in [1.29, 1.82) is 0 Å². The number of para-hydroxylation sites is 1. The standard InChI is InChI=1S/C26H17BrClN3OS/c27-19-8-4-5-9-20(19)30-25(32)24-23(29)22-18(15-10-12-17(28)13-11-15)14-21(31-26(22)33-24)16-6-2-1-3-7-16/h1-14H,29H2,(H,30,32). The van der Waals surface area contributed by atoms with E-state index in [1.165, 1.54) is 11.3 Å². The molecule has 0 unspecified atom stereocenters. The Bertz CT molecular complexity index is 1480. The van der Waals surface area contributed by atoms with Crippen LogP contribution in [0.15, 0.2) is 89.4 Å². The summed E-state index contributed by atoms with van der Waals surface area (Å²) >= 11 is 10.9. The lowest BCUT2D eigenvalue weighted by molar-refractivity contribution is 0.103. The highest BCUT2D eigenvalue weighted by Gasteiger charge is 2.22. The third kappa shape index (κ3) is 4.25. The first-order valence-electron chi connectivity index (χ1n) is 10.1. The largest absolute Gasteiger partial charge is 0.397 e. The fourth-order valence-corrected chi connectivity index (χ4v) is 5.17. The van der Waals surface area contributed by atoms with Gasteiger partial charge in [0.2, 0.25) is 0 Å². The van der Waals surface area contributed by atoms with E-state index in [0.29, 0.717) is 26.1 Å². The number of nitrogen functional groups attached to an aromatic ring is 1. The fraction of sp³-hybridized carbons (Fsp3) is 0. The van der Waals surface area contributed by atoms with Gasteiger partial charge in [-0.05, 0) is 57.4 Å². The smallest absolute Gasteiger partial charge is 0.267 e. The van der Waals surface area contributed by atoms with Crippen molar-refractivity contribution in [2.45, 2.75) is 0 Å². The van der Waals surface area contributed by atoms with E-state index >= 15 is 0 Å². The first-order valence-corrected chi connectivity index (χ1v) is 12.1. The number of rotatable bonds is 4. The van der Waals surface area contributed by atoms with Crippen LogP contribution < -0.4 is 11.1 Å². The highest BCUT2D eigenvalue weighted by atomic mass is 79.9. The summed E-state index contributed by atoms with van der Waals surface area (Å²) in [6, 6.07) is 27.0. The molecule has 3 N–H and O–H groups in total. The number of pyridine rings is 1. The van der Waals surface area contributed by atoms with Gasteiger partial charge in [0.05, 0.1) is 17.1 Å². The summed E-state index contributed by atoms with van der Waals surface area (Å²) in [5.41, 5.74) is 11.3. The van der Waals surface area contributed by atoms with Crippen molar-refractivity contribution in [2.24, 2.45) is 0 Å². The summed E-state index contributed by atoms with van der Waals surface area (Å²) in [7, 11) is 0. The average Bonchev–Trinajstić information content (AvgIpc) is 3.17. The van der Waals surface area contributed by atoms with Crippen molar-refractivity contribution in [1.82, 2.24) is 4.98 Å². The third-order valence-electron chi connectivity index (χ3n) is 5.25. The van der Waals surface area contributed by atoms with Gasteiger partial charge in [-0.3, -0.25) is 4.79 Å². The van der Waals surface area contributed by atoms with Gasteiger partial charge in [-0.2, -0.15) is 0 Å². The van der Waals surface area contributed by atoms with Gasteiger partial charge in [0.1, 0.15) is 9.71 Å². The fourth-order valence-electron chi connectivity index (χ4n) is 3.65. The number of benzene rings is 3. The molecule has 5 aromatic rings. The Hall–Kier alpha value is -3.19. The molecule has 0 aliphatic carbocycles. The summed E-state index contributed by atoms with van der Waals surface area (Å²) in [5.74, 6) is -0.272. The highest BCUT2D eigenvalue weighted by molar-refractivity contribution is 9.10. The van der Waals surface area contributed by atoms with Crippen LogP contribution in [0.25, 0.3) is 32.6 Å². The third-order valence-corrected chi connectivity index (χ3v) is 7.29. The summed E-state index contributed by atoms with van der Waals surface area (Å²) in [4.78, 5) is 19.1. The summed E-state index contributed by atoms with van der Waals surface area (Å²) in [5, 5.41) is 4.36. The number of carbonyl (C=O) groups is 1. The van der Waals surface area contributed by atoms with E-state index < -0.39 is 0 Å². The molecule has 0 bridgehead atoms. The molecule has 5 rings (SSSR count). The number of fused-ring (bicyclic) bond motifs is 1. The molecule has 3 aromatic carbocycles. The normalized spacial score (nSPS) is 11.0. The molecule has 0 radical (unpaired) electrons. The number of anilines is 2. The second-order valence-corrected chi connectivity index (χ2v) is 9.68. The van der Waals surface area contributed by atoms with Gasteiger partial charge in [-0.25, -0.2) is 4.98 Å². The van der Waals surface area contributed by atoms with Crippen molar-refractivity contribution in [3.05, 3.63) is 99.3 Å². The first-order chi connectivity index (χ1) is 16.0. The Morgan fingerprint density at radius 3 is 2.36 bits per heavy atom. The lowest BCUT2D eigenvalue weighted by Crippen LogP contribution is -2.12. The molecule has 0 aliphatic rings. The molecule has 0 aliphatic heterocycles. The van der Waals surface area contributed by atoms with Gasteiger partial charge in [0.15, 0.2) is 0 Å². The lowest BCUT2D eigenvalue weighted by Gasteiger charge is -2.09. The molecule has 2 aromatic heterocycles. The number of hydrogen-bond acceptors (Lipinski definition) is 4. The summed E-state index contributed by atoms with van der Waals surface area (Å²) < 4.78 is 0.796. The van der Waals surface area contributed by atoms with E-state index in [-0.39, 0.29) is 5.91 Å². The van der Waals surface area contributed by atoms with Crippen molar-refractivity contribution in [2.75, 3.05) is 11.1 Å². The van der Waals surface area contributed by atoms with E-state index in [1.807, 2.05) is 84.9 Å². The zero-order valence-electron chi connectivity index (χ0n) is 17.2. The number of nitrogens with zero attached hydrogens (tertiary/aromatic N) is 1. The second-order valence-electron chi connectivity index (χ2n) is 7.39. The Morgan fingerprint density at radius 1 is 0.939 bits per heavy atom. The van der Waals surface area contributed by atoms with Gasteiger partial charge < -0.3 is 11.1 Å². The van der Waals surface area contributed by atoms with Crippen molar-refractivity contribution >= 4 is 66.4 Å². The number of nitrogens with one attached hydrogen (secondary N) is 1. The van der Waals surface area contributed by atoms with Crippen LogP contribution in [0.4, 0.5) is 11.4 Å². The van der Waals surface area contributed by atoms with Gasteiger partial charge >= 0.3 is 0 Å². The molecule has 7 heteroatoms. The minimum atomic E-state index is -0.272. The molecular weight excluding hydrogens is 518 g/mol. The topological polar surface area (TPSA) is 68.0 Å². The van der Waals surface area contributed by atoms with Gasteiger partial charge in [-0.15, -0.1) is 11.3 Å². The molecule has 33 heavy (non-hydrogen) atoms. The number of thiophene rings is 1. The van der Waals surface area contributed by atoms with E-state index in [4.69, 9.17) is 22.3 Å². The number of amides is 1. The van der Waals surface area contributed by atoms with Crippen LogP contribution in [0.3, 0.4) is 0 Å². The minimum absolute atomic E-state index is 0.272. The Balaban J connectivity index is 1.68. The Labute approximate surface area is 208 Å². The maximum atomic E-state index is 13.2. The zero-order valence-corrected chi connectivity index (χ0v) is 20.3. The Kier molecular flexibility index (Phi) is 5.89. The minimum Gasteiger partial charge on any atom is -0.397 e. The monoisotopic (exact) mass is 533 g/mol. The molecule has 4 nitrogen and oxygen atoms in total. The van der Waals surface area contributed by atoms with Gasteiger partial charge in [0.25, 0.3) is 5.91 Å². The van der Waals surface area contributed by atoms with E-state index in [9.17, 15) is 4.79 Å².